The lowest BCUT2D eigenvalue weighted by Crippen LogP contribution is -2.20. The van der Waals surface area contributed by atoms with Crippen LogP contribution in [0.25, 0.3) is 0 Å². The highest BCUT2D eigenvalue weighted by atomic mass is 35.5. The number of nitrogens with one attached hydrogen (secondary N) is 2. The predicted octanol–water partition coefficient (Wildman–Crippen LogP) is 4.86. The summed E-state index contributed by atoms with van der Waals surface area (Å²) in [6, 6.07) is 10.9. The molecule has 0 aliphatic carbocycles. The molecule has 2 aromatic carbocycles. The number of hydrogen-bond donors (Lipinski definition) is 2. The fourth-order valence-corrected chi connectivity index (χ4v) is 2.31. The van der Waals surface area contributed by atoms with Gasteiger partial charge in [-0.05, 0) is 36.6 Å². The Hall–Kier alpha value is -2.20. The predicted molar refractivity (Wildman–Crippen MR) is 91.2 cm³/mol. The fraction of sp³-hybridized carbons (Fsp3) is 0.235. The molecule has 0 saturated heterocycles. The van der Waals surface area contributed by atoms with Crippen LogP contribution in [0.4, 0.5) is 16.2 Å². The van der Waals surface area contributed by atoms with E-state index >= 15 is 0 Å². The van der Waals surface area contributed by atoms with Crippen LogP contribution in [0.5, 0.6) is 5.75 Å². The molecule has 2 rings (SSSR count). The Morgan fingerprint density at radius 2 is 1.86 bits per heavy atom. The van der Waals surface area contributed by atoms with Crippen molar-refractivity contribution in [1.29, 1.82) is 0 Å². The molecule has 0 unspecified atom stereocenters. The zero-order valence-electron chi connectivity index (χ0n) is 12.9. The Morgan fingerprint density at radius 3 is 2.55 bits per heavy atom. The van der Waals surface area contributed by atoms with Crippen molar-refractivity contribution in [2.75, 3.05) is 17.7 Å². The molecular weight excluding hydrogens is 300 g/mol. The maximum Gasteiger partial charge on any atom is 0.323 e. The molecule has 4 nitrogen and oxygen atoms in total. The van der Waals surface area contributed by atoms with Crippen LogP contribution < -0.4 is 15.4 Å². The minimum absolute atomic E-state index is 0.319. The van der Waals surface area contributed by atoms with Crippen LogP contribution in [-0.4, -0.2) is 13.1 Å². The van der Waals surface area contributed by atoms with Crippen molar-refractivity contribution in [2.24, 2.45) is 0 Å². The van der Waals surface area contributed by atoms with E-state index in [0.717, 1.165) is 23.2 Å². The minimum atomic E-state index is -0.319. The number of carbonyl (C=O) groups excluding carboxylic acids is 1. The Labute approximate surface area is 135 Å². The van der Waals surface area contributed by atoms with Crippen molar-refractivity contribution in [3.8, 4) is 5.75 Å². The number of benzene rings is 2. The average molecular weight is 319 g/mol. The first-order valence-corrected chi connectivity index (χ1v) is 7.43. The topological polar surface area (TPSA) is 50.4 Å². The summed E-state index contributed by atoms with van der Waals surface area (Å²) in [5.41, 5.74) is 3.33. The number of methoxy groups -OCH3 is 1. The van der Waals surface area contributed by atoms with Gasteiger partial charge in [0.05, 0.1) is 12.8 Å². The number of halogens is 1. The van der Waals surface area contributed by atoms with E-state index < -0.39 is 0 Å². The molecule has 22 heavy (non-hydrogen) atoms. The Bertz CT molecular complexity index is 686. The monoisotopic (exact) mass is 318 g/mol. The number of hydrogen-bond acceptors (Lipinski definition) is 2. The summed E-state index contributed by atoms with van der Waals surface area (Å²) in [5, 5.41) is 6.25. The zero-order chi connectivity index (χ0) is 16.1. The van der Waals surface area contributed by atoms with Gasteiger partial charge in [-0.15, -0.1) is 0 Å². The normalized spacial score (nSPS) is 10.2. The maximum atomic E-state index is 12.2. The van der Waals surface area contributed by atoms with Gasteiger partial charge in [0, 0.05) is 16.8 Å². The van der Waals surface area contributed by atoms with Gasteiger partial charge in [0.15, 0.2) is 0 Å². The summed E-state index contributed by atoms with van der Waals surface area (Å²) >= 11 is 6.06. The smallest absolute Gasteiger partial charge is 0.323 e. The molecule has 0 heterocycles. The lowest BCUT2D eigenvalue weighted by molar-refractivity contribution is 0.262. The van der Waals surface area contributed by atoms with Crippen molar-refractivity contribution < 1.29 is 9.53 Å². The van der Waals surface area contributed by atoms with Crippen LogP contribution in [0.1, 0.15) is 18.1 Å². The fourth-order valence-electron chi connectivity index (χ4n) is 2.16. The van der Waals surface area contributed by atoms with Gasteiger partial charge in [0.1, 0.15) is 5.75 Å². The number of urea groups is 1. The molecule has 116 valence electrons. The zero-order valence-corrected chi connectivity index (χ0v) is 13.6. The maximum absolute atomic E-state index is 12.2. The molecule has 5 heteroatoms. The van der Waals surface area contributed by atoms with Crippen LogP contribution >= 0.6 is 11.6 Å². The van der Waals surface area contributed by atoms with Crippen LogP contribution in [0, 0.1) is 6.92 Å². The van der Waals surface area contributed by atoms with Crippen molar-refractivity contribution in [2.45, 2.75) is 20.3 Å². The number of anilines is 2. The van der Waals surface area contributed by atoms with Gasteiger partial charge < -0.3 is 15.4 Å². The summed E-state index contributed by atoms with van der Waals surface area (Å²) in [7, 11) is 1.54. The molecule has 0 bridgehead atoms. The quantitative estimate of drug-likeness (QED) is 0.845. The van der Waals surface area contributed by atoms with Gasteiger partial charge >= 0.3 is 6.03 Å². The van der Waals surface area contributed by atoms with Gasteiger partial charge in [-0.3, -0.25) is 0 Å². The molecule has 0 aliphatic heterocycles. The summed E-state index contributed by atoms with van der Waals surface area (Å²) in [6.45, 7) is 3.92. The van der Waals surface area contributed by atoms with Crippen molar-refractivity contribution in [1.82, 2.24) is 0 Å². The number of carbonyl (C=O) groups is 1. The summed E-state index contributed by atoms with van der Waals surface area (Å²) in [6.07, 6.45) is 0.847. The second kappa shape index (κ2) is 7.18. The van der Waals surface area contributed by atoms with Crippen LogP contribution in [0.2, 0.25) is 5.02 Å². The number of ether oxygens (including phenoxy) is 1. The molecule has 0 saturated carbocycles. The van der Waals surface area contributed by atoms with Gasteiger partial charge in [-0.2, -0.15) is 0 Å². The SMILES string of the molecule is CCc1ccccc1NC(=O)Nc1cc(C)c(Cl)cc1OC. The molecular formula is C17H19ClN2O2. The average Bonchev–Trinajstić information content (AvgIpc) is 2.51. The first-order chi connectivity index (χ1) is 10.5. The van der Waals surface area contributed by atoms with Crippen molar-refractivity contribution in [3.63, 3.8) is 0 Å². The van der Waals surface area contributed by atoms with Crippen LogP contribution in [-0.2, 0) is 6.42 Å². The molecule has 2 aromatic rings. The molecule has 0 fully saturated rings. The van der Waals surface area contributed by atoms with Crippen molar-refractivity contribution >= 4 is 29.0 Å². The third-order valence-electron chi connectivity index (χ3n) is 3.38. The summed E-state index contributed by atoms with van der Waals surface area (Å²) in [4.78, 5) is 12.2. The second-order valence-corrected chi connectivity index (χ2v) is 5.30. The number of amides is 2. The Morgan fingerprint density at radius 1 is 1.18 bits per heavy atom. The van der Waals surface area contributed by atoms with E-state index in [1.165, 1.54) is 7.11 Å². The standard InChI is InChI=1S/C17H19ClN2O2/c1-4-12-7-5-6-8-14(12)19-17(21)20-15-9-11(2)13(18)10-16(15)22-3/h5-10H,4H2,1-3H3,(H2,19,20,21). The largest absolute Gasteiger partial charge is 0.495 e. The number of para-hydroxylation sites is 1. The van der Waals surface area contributed by atoms with E-state index in [1.807, 2.05) is 38.1 Å². The minimum Gasteiger partial charge on any atom is -0.495 e. The van der Waals surface area contributed by atoms with Gasteiger partial charge in [0.25, 0.3) is 0 Å². The van der Waals surface area contributed by atoms with E-state index in [9.17, 15) is 4.79 Å². The first kappa shape index (κ1) is 16.2. The second-order valence-electron chi connectivity index (χ2n) is 4.89. The highest BCUT2D eigenvalue weighted by molar-refractivity contribution is 6.31. The van der Waals surface area contributed by atoms with E-state index in [2.05, 4.69) is 10.6 Å². The molecule has 0 radical (unpaired) electrons. The molecule has 0 aliphatic rings. The van der Waals surface area contributed by atoms with Gasteiger partial charge in [-0.1, -0.05) is 36.7 Å². The van der Waals surface area contributed by atoms with Crippen LogP contribution in [0.15, 0.2) is 36.4 Å². The lowest BCUT2D eigenvalue weighted by Gasteiger charge is -2.14. The van der Waals surface area contributed by atoms with E-state index in [4.69, 9.17) is 16.3 Å². The summed E-state index contributed by atoms with van der Waals surface area (Å²) < 4.78 is 5.25. The molecule has 0 spiro atoms. The van der Waals surface area contributed by atoms with Gasteiger partial charge in [-0.25, -0.2) is 4.79 Å². The molecule has 2 amide bonds. The van der Waals surface area contributed by atoms with E-state index in [1.54, 1.807) is 12.1 Å². The Kier molecular flexibility index (Phi) is 5.28. The Balaban J connectivity index is 2.17. The van der Waals surface area contributed by atoms with E-state index in [-0.39, 0.29) is 6.03 Å². The van der Waals surface area contributed by atoms with E-state index in [0.29, 0.717) is 16.5 Å². The lowest BCUT2D eigenvalue weighted by atomic mass is 10.1. The highest BCUT2D eigenvalue weighted by Crippen LogP contribution is 2.31. The number of rotatable bonds is 4. The highest BCUT2D eigenvalue weighted by Gasteiger charge is 2.11. The summed E-state index contributed by atoms with van der Waals surface area (Å²) in [5.74, 6) is 0.523. The molecule has 0 aromatic heterocycles. The third-order valence-corrected chi connectivity index (χ3v) is 3.78. The first-order valence-electron chi connectivity index (χ1n) is 7.05. The van der Waals surface area contributed by atoms with Crippen LogP contribution in [0.3, 0.4) is 0 Å². The molecule has 0 atom stereocenters. The van der Waals surface area contributed by atoms with Gasteiger partial charge in [0.2, 0.25) is 0 Å². The molecule has 2 N–H and O–H groups in total. The van der Waals surface area contributed by atoms with Crippen molar-refractivity contribution in [3.05, 3.63) is 52.5 Å². The number of aryl methyl sites for hydroxylation is 2. The third kappa shape index (κ3) is 3.71.